The molecule has 8 heteroatoms. The number of rotatable bonds is 4. The number of aromatic nitrogens is 2. The summed E-state index contributed by atoms with van der Waals surface area (Å²) in [6.07, 6.45) is -2.47. The molecule has 1 saturated heterocycles. The number of fused-ring (bicyclic) bond motifs is 1. The molecular formula is C22H24F4N4. The van der Waals surface area contributed by atoms with Gasteiger partial charge in [-0.15, -0.1) is 0 Å². The van der Waals surface area contributed by atoms with Crippen LogP contribution in [-0.2, 0) is 0 Å². The summed E-state index contributed by atoms with van der Waals surface area (Å²) in [6, 6.07) is 9.98. The maximum absolute atomic E-state index is 13.3. The van der Waals surface area contributed by atoms with Gasteiger partial charge in [-0.25, -0.2) is 9.07 Å². The molecule has 3 aromatic rings. The molecule has 0 amide bonds. The van der Waals surface area contributed by atoms with Gasteiger partial charge in [-0.2, -0.15) is 18.3 Å². The van der Waals surface area contributed by atoms with Crippen LogP contribution in [0.25, 0.3) is 16.6 Å². The van der Waals surface area contributed by atoms with Gasteiger partial charge in [0.15, 0.2) is 0 Å². The summed E-state index contributed by atoms with van der Waals surface area (Å²) in [6.45, 7) is 5.02. The molecule has 1 N–H and O–H groups in total. The van der Waals surface area contributed by atoms with Gasteiger partial charge >= 0.3 is 6.18 Å². The van der Waals surface area contributed by atoms with Crippen LogP contribution in [0, 0.1) is 18.7 Å². The number of hydrogen-bond acceptors (Lipinski definition) is 3. The molecule has 2 atom stereocenters. The van der Waals surface area contributed by atoms with E-state index in [4.69, 9.17) is 0 Å². The van der Waals surface area contributed by atoms with Crippen LogP contribution in [0.5, 0.6) is 0 Å². The zero-order valence-corrected chi connectivity index (χ0v) is 16.9. The van der Waals surface area contributed by atoms with E-state index in [9.17, 15) is 17.6 Å². The van der Waals surface area contributed by atoms with Crippen LogP contribution in [0.1, 0.15) is 24.1 Å². The second-order valence-electron chi connectivity index (χ2n) is 7.96. The Morgan fingerprint density at radius 2 is 1.93 bits per heavy atom. The molecule has 160 valence electrons. The van der Waals surface area contributed by atoms with Crippen molar-refractivity contribution in [3.05, 3.63) is 59.5 Å². The molecule has 2 aromatic carbocycles. The summed E-state index contributed by atoms with van der Waals surface area (Å²) in [7, 11) is 0. The molecule has 1 aliphatic heterocycles. The van der Waals surface area contributed by atoms with E-state index < -0.39 is 12.1 Å². The Balaban J connectivity index is 1.68. The van der Waals surface area contributed by atoms with Crippen LogP contribution in [-0.4, -0.2) is 47.0 Å². The Hall–Kier alpha value is -2.45. The summed E-state index contributed by atoms with van der Waals surface area (Å²) >= 11 is 0. The number of nitrogens with zero attached hydrogens (tertiary/aromatic N) is 3. The highest BCUT2D eigenvalue weighted by Crippen LogP contribution is 2.33. The predicted molar refractivity (Wildman–Crippen MR) is 108 cm³/mol. The van der Waals surface area contributed by atoms with Crippen LogP contribution in [0.2, 0.25) is 0 Å². The Kier molecular flexibility index (Phi) is 5.55. The molecule has 0 spiro atoms. The lowest BCUT2D eigenvalue weighted by molar-refractivity contribution is -0.176. The van der Waals surface area contributed by atoms with E-state index in [0.29, 0.717) is 19.6 Å². The lowest BCUT2D eigenvalue weighted by atomic mass is 9.95. The standard InChI is InChI=1S/C22H24F4N4/c1-14-9-20-16(11-28-30(20)18-5-3-17(23)4-6-18)10-19(14)21-12-27-7-8-29(21)13-15(2)22(24,25)26/h3-6,9-11,15,21,27H,7-8,12-13H2,1-2H3. The van der Waals surface area contributed by atoms with Gasteiger partial charge in [-0.05, 0) is 54.4 Å². The molecule has 0 bridgehead atoms. The van der Waals surface area contributed by atoms with Crippen molar-refractivity contribution >= 4 is 10.9 Å². The number of nitrogens with one attached hydrogen (secondary N) is 1. The average Bonchev–Trinajstić information content (AvgIpc) is 3.10. The van der Waals surface area contributed by atoms with Gasteiger partial charge in [0, 0.05) is 37.6 Å². The highest BCUT2D eigenvalue weighted by atomic mass is 19.4. The number of piperazine rings is 1. The number of aryl methyl sites for hydroxylation is 1. The lowest BCUT2D eigenvalue weighted by Crippen LogP contribution is -2.49. The summed E-state index contributed by atoms with van der Waals surface area (Å²) in [4.78, 5) is 1.92. The second-order valence-corrected chi connectivity index (χ2v) is 7.96. The number of hydrogen-bond donors (Lipinski definition) is 1. The average molecular weight is 420 g/mol. The topological polar surface area (TPSA) is 33.1 Å². The van der Waals surface area contributed by atoms with Crippen LogP contribution in [0.3, 0.4) is 0 Å². The van der Waals surface area contributed by atoms with Gasteiger partial charge in [0.05, 0.1) is 23.3 Å². The molecule has 30 heavy (non-hydrogen) atoms. The van der Waals surface area contributed by atoms with Crippen LogP contribution in [0.4, 0.5) is 17.6 Å². The minimum Gasteiger partial charge on any atom is -0.314 e. The molecule has 4 rings (SSSR count). The molecule has 1 aromatic heterocycles. The van der Waals surface area contributed by atoms with E-state index in [2.05, 4.69) is 10.4 Å². The number of halogens is 4. The molecule has 0 radical (unpaired) electrons. The maximum atomic E-state index is 13.3. The van der Waals surface area contributed by atoms with Gasteiger partial charge < -0.3 is 5.32 Å². The lowest BCUT2D eigenvalue weighted by Gasteiger charge is -2.39. The zero-order valence-electron chi connectivity index (χ0n) is 16.9. The van der Waals surface area contributed by atoms with Crippen LogP contribution < -0.4 is 5.32 Å². The summed E-state index contributed by atoms with van der Waals surface area (Å²) < 4.78 is 54.4. The first kappa shape index (κ1) is 20.8. The van der Waals surface area contributed by atoms with E-state index in [1.807, 2.05) is 24.0 Å². The molecule has 1 aliphatic rings. The monoisotopic (exact) mass is 420 g/mol. The van der Waals surface area contributed by atoms with Gasteiger partial charge in [0.2, 0.25) is 0 Å². The molecule has 0 aliphatic carbocycles. The number of alkyl halides is 3. The van der Waals surface area contributed by atoms with Gasteiger partial charge in [0.25, 0.3) is 0 Å². The van der Waals surface area contributed by atoms with Crippen LogP contribution in [0.15, 0.2) is 42.6 Å². The highest BCUT2D eigenvalue weighted by Gasteiger charge is 2.39. The zero-order chi connectivity index (χ0) is 21.5. The minimum atomic E-state index is -4.20. The van der Waals surface area contributed by atoms with Crippen molar-refractivity contribution in [1.29, 1.82) is 0 Å². The van der Waals surface area contributed by atoms with E-state index >= 15 is 0 Å². The molecular weight excluding hydrogens is 396 g/mol. The van der Waals surface area contributed by atoms with Crippen molar-refractivity contribution in [2.45, 2.75) is 26.1 Å². The van der Waals surface area contributed by atoms with E-state index in [-0.39, 0.29) is 18.4 Å². The summed E-state index contributed by atoms with van der Waals surface area (Å²) in [5, 5.41) is 8.64. The van der Waals surface area contributed by atoms with E-state index in [1.54, 1.807) is 23.0 Å². The fourth-order valence-electron chi connectivity index (χ4n) is 4.07. The quantitative estimate of drug-likeness (QED) is 0.626. The fourth-order valence-corrected chi connectivity index (χ4v) is 4.07. The summed E-state index contributed by atoms with van der Waals surface area (Å²) in [5.41, 5.74) is 3.62. The predicted octanol–water partition coefficient (Wildman–Crippen LogP) is 4.62. The van der Waals surface area contributed by atoms with Gasteiger partial charge in [-0.1, -0.05) is 6.92 Å². The smallest absolute Gasteiger partial charge is 0.314 e. The normalized spacial score (nSPS) is 19.3. The molecule has 0 saturated carbocycles. The Bertz CT molecular complexity index is 1030. The number of benzene rings is 2. The van der Waals surface area contributed by atoms with Crippen LogP contribution >= 0.6 is 0 Å². The Morgan fingerprint density at radius 1 is 1.20 bits per heavy atom. The minimum absolute atomic E-state index is 0.0256. The fraction of sp³-hybridized carbons (Fsp3) is 0.409. The highest BCUT2D eigenvalue weighted by molar-refractivity contribution is 5.82. The third-order valence-corrected chi connectivity index (χ3v) is 5.81. The largest absolute Gasteiger partial charge is 0.392 e. The first-order valence-corrected chi connectivity index (χ1v) is 10.00. The van der Waals surface area contributed by atoms with Gasteiger partial charge in [-0.3, -0.25) is 4.90 Å². The first-order valence-electron chi connectivity index (χ1n) is 10.00. The van der Waals surface area contributed by atoms with Crippen molar-refractivity contribution in [3.8, 4) is 5.69 Å². The van der Waals surface area contributed by atoms with Crippen molar-refractivity contribution in [2.75, 3.05) is 26.2 Å². The molecule has 2 unspecified atom stereocenters. The van der Waals surface area contributed by atoms with Crippen molar-refractivity contribution in [1.82, 2.24) is 20.0 Å². The van der Waals surface area contributed by atoms with Gasteiger partial charge in [0.1, 0.15) is 5.82 Å². The SMILES string of the molecule is Cc1cc2c(cnn2-c2ccc(F)cc2)cc1C1CNCCN1CC(C)C(F)(F)F. The molecule has 1 fully saturated rings. The van der Waals surface area contributed by atoms with Crippen molar-refractivity contribution in [2.24, 2.45) is 5.92 Å². The molecule has 4 nitrogen and oxygen atoms in total. The third kappa shape index (κ3) is 4.06. The van der Waals surface area contributed by atoms with Crippen molar-refractivity contribution in [3.63, 3.8) is 0 Å². The van der Waals surface area contributed by atoms with E-state index in [0.717, 1.165) is 27.7 Å². The first-order chi connectivity index (χ1) is 14.2. The Labute approximate surface area is 172 Å². The molecule has 2 heterocycles. The third-order valence-electron chi connectivity index (χ3n) is 5.81. The van der Waals surface area contributed by atoms with E-state index in [1.165, 1.54) is 19.1 Å². The summed E-state index contributed by atoms with van der Waals surface area (Å²) in [5.74, 6) is -1.70. The van der Waals surface area contributed by atoms with Crippen molar-refractivity contribution < 1.29 is 17.6 Å². The Morgan fingerprint density at radius 3 is 2.63 bits per heavy atom. The maximum Gasteiger partial charge on any atom is 0.392 e. The second kappa shape index (κ2) is 8.00.